The predicted molar refractivity (Wildman–Crippen MR) is 45.1 cm³/mol. The van der Waals surface area contributed by atoms with Gasteiger partial charge in [0.1, 0.15) is 0 Å². The van der Waals surface area contributed by atoms with Gasteiger partial charge in [0.15, 0.2) is 0 Å². The van der Waals surface area contributed by atoms with Gasteiger partial charge in [0.25, 0.3) is 0 Å². The number of hydrogen-bond acceptors (Lipinski definition) is 2. The summed E-state index contributed by atoms with van der Waals surface area (Å²) in [5.41, 5.74) is 0. The van der Waals surface area contributed by atoms with E-state index < -0.39 is 0 Å². The van der Waals surface area contributed by atoms with Gasteiger partial charge in [-0.05, 0) is 33.2 Å². The minimum Gasteiger partial charge on any atom is -0.297 e. The minimum atomic E-state index is 0.456. The Balaban J connectivity index is 2.40. The normalized spacial score (nSPS) is 28.3. The third-order valence-electron chi connectivity index (χ3n) is 2.56. The Hall–Kier alpha value is -0.550. The van der Waals surface area contributed by atoms with Crippen molar-refractivity contribution in [2.75, 3.05) is 6.54 Å². The topological polar surface area (TPSA) is 27.0 Å². The summed E-state index contributed by atoms with van der Waals surface area (Å²) in [4.78, 5) is 2.43. The molecule has 0 radical (unpaired) electrons. The van der Waals surface area contributed by atoms with E-state index >= 15 is 0 Å². The zero-order chi connectivity index (χ0) is 8.27. The fraction of sp³-hybridized carbons (Fsp3) is 0.889. The molecule has 0 aromatic heterocycles. The van der Waals surface area contributed by atoms with Gasteiger partial charge in [-0.1, -0.05) is 0 Å². The van der Waals surface area contributed by atoms with E-state index in [4.69, 9.17) is 5.26 Å². The molecule has 0 bridgehead atoms. The van der Waals surface area contributed by atoms with Crippen LogP contribution in [0.3, 0.4) is 0 Å². The van der Waals surface area contributed by atoms with Gasteiger partial charge in [-0.2, -0.15) is 5.26 Å². The van der Waals surface area contributed by atoms with Crippen LogP contribution >= 0.6 is 0 Å². The molecular weight excluding hydrogens is 136 g/mol. The zero-order valence-electron chi connectivity index (χ0n) is 7.38. The molecule has 0 aromatic rings. The Morgan fingerprint density at radius 2 is 2.45 bits per heavy atom. The minimum absolute atomic E-state index is 0.456. The summed E-state index contributed by atoms with van der Waals surface area (Å²) in [5, 5.41) is 8.51. The molecule has 62 valence electrons. The van der Waals surface area contributed by atoms with E-state index in [1.165, 1.54) is 19.4 Å². The Labute approximate surface area is 68.8 Å². The molecule has 1 saturated heterocycles. The maximum absolute atomic E-state index is 8.51. The number of rotatable bonds is 2. The van der Waals surface area contributed by atoms with E-state index in [1.807, 2.05) is 0 Å². The molecule has 0 aliphatic carbocycles. The van der Waals surface area contributed by atoms with Crippen molar-refractivity contribution in [2.45, 2.75) is 45.2 Å². The van der Waals surface area contributed by atoms with Crippen LogP contribution < -0.4 is 0 Å². The fourth-order valence-corrected chi connectivity index (χ4v) is 1.86. The lowest BCUT2D eigenvalue weighted by molar-refractivity contribution is 0.205. The smallest absolute Gasteiger partial charge is 0.0638 e. The molecular formula is C9H16N2. The first-order chi connectivity index (χ1) is 5.25. The van der Waals surface area contributed by atoms with Crippen molar-refractivity contribution in [3.63, 3.8) is 0 Å². The molecule has 0 saturated carbocycles. The summed E-state index contributed by atoms with van der Waals surface area (Å²) >= 11 is 0. The highest BCUT2D eigenvalue weighted by molar-refractivity contribution is 4.85. The van der Waals surface area contributed by atoms with Crippen molar-refractivity contribution in [3.05, 3.63) is 0 Å². The molecule has 2 nitrogen and oxygen atoms in total. The second-order valence-corrected chi connectivity index (χ2v) is 3.44. The van der Waals surface area contributed by atoms with Crippen molar-refractivity contribution in [1.29, 1.82) is 5.26 Å². The summed E-state index contributed by atoms with van der Waals surface area (Å²) < 4.78 is 0. The van der Waals surface area contributed by atoms with Crippen LogP contribution in [0.4, 0.5) is 0 Å². The average molecular weight is 152 g/mol. The van der Waals surface area contributed by atoms with E-state index in [1.54, 1.807) is 0 Å². The summed E-state index contributed by atoms with van der Waals surface area (Å²) in [6.07, 6.45) is 3.27. The lowest BCUT2D eigenvalue weighted by Gasteiger charge is -2.26. The number of nitrogens with zero attached hydrogens (tertiary/aromatic N) is 2. The van der Waals surface area contributed by atoms with Crippen molar-refractivity contribution in [3.8, 4) is 6.07 Å². The van der Waals surface area contributed by atoms with Crippen LogP contribution in [0.5, 0.6) is 0 Å². The lowest BCUT2D eigenvalue weighted by atomic mass is 10.2. The molecule has 0 aromatic carbocycles. The van der Waals surface area contributed by atoms with E-state index in [0.29, 0.717) is 18.5 Å². The van der Waals surface area contributed by atoms with Gasteiger partial charge >= 0.3 is 0 Å². The number of likely N-dealkylation sites (tertiary alicyclic amines) is 1. The molecule has 2 atom stereocenters. The molecule has 1 aliphatic heterocycles. The largest absolute Gasteiger partial charge is 0.297 e. The molecule has 1 fully saturated rings. The summed E-state index contributed by atoms with van der Waals surface area (Å²) in [6, 6.07) is 3.37. The fourth-order valence-electron chi connectivity index (χ4n) is 1.86. The zero-order valence-corrected chi connectivity index (χ0v) is 7.38. The predicted octanol–water partition coefficient (Wildman–Crippen LogP) is 1.77. The standard InChI is InChI=1S/C9H16N2/c1-8-4-3-7-11(8)9(2)5-6-10/h8-9H,3-5,7H2,1-2H3. The summed E-state index contributed by atoms with van der Waals surface area (Å²) in [5.74, 6) is 0. The molecule has 1 rings (SSSR count). The van der Waals surface area contributed by atoms with Crippen molar-refractivity contribution >= 4 is 0 Å². The van der Waals surface area contributed by atoms with E-state index in [9.17, 15) is 0 Å². The SMILES string of the molecule is CC(CC#N)N1CCCC1C. The second-order valence-electron chi connectivity index (χ2n) is 3.44. The van der Waals surface area contributed by atoms with E-state index in [-0.39, 0.29) is 0 Å². The van der Waals surface area contributed by atoms with Gasteiger partial charge in [0, 0.05) is 12.1 Å². The van der Waals surface area contributed by atoms with Crippen LogP contribution in [0.1, 0.15) is 33.1 Å². The Morgan fingerprint density at radius 1 is 1.73 bits per heavy atom. The maximum atomic E-state index is 8.51. The first-order valence-electron chi connectivity index (χ1n) is 4.38. The highest BCUT2D eigenvalue weighted by atomic mass is 15.2. The van der Waals surface area contributed by atoms with Gasteiger partial charge in [-0.3, -0.25) is 4.90 Å². The van der Waals surface area contributed by atoms with Crippen LogP contribution in [0.15, 0.2) is 0 Å². The molecule has 0 N–H and O–H groups in total. The van der Waals surface area contributed by atoms with Gasteiger partial charge in [0.2, 0.25) is 0 Å². The molecule has 1 heterocycles. The molecule has 0 amide bonds. The third kappa shape index (κ3) is 1.94. The van der Waals surface area contributed by atoms with Crippen molar-refractivity contribution in [2.24, 2.45) is 0 Å². The lowest BCUT2D eigenvalue weighted by Crippen LogP contribution is -2.35. The Bertz CT molecular complexity index is 159. The molecule has 1 aliphatic rings. The number of nitriles is 1. The Kier molecular flexibility index (Phi) is 2.90. The van der Waals surface area contributed by atoms with Crippen LogP contribution in [-0.2, 0) is 0 Å². The van der Waals surface area contributed by atoms with Gasteiger partial charge in [-0.25, -0.2) is 0 Å². The quantitative estimate of drug-likeness (QED) is 0.603. The maximum Gasteiger partial charge on any atom is 0.0638 e. The van der Waals surface area contributed by atoms with Crippen LogP contribution in [0.25, 0.3) is 0 Å². The van der Waals surface area contributed by atoms with E-state index in [2.05, 4.69) is 24.8 Å². The number of hydrogen-bond donors (Lipinski definition) is 0. The summed E-state index contributed by atoms with van der Waals surface area (Å²) in [7, 11) is 0. The third-order valence-corrected chi connectivity index (χ3v) is 2.56. The van der Waals surface area contributed by atoms with Crippen LogP contribution in [-0.4, -0.2) is 23.5 Å². The van der Waals surface area contributed by atoms with Crippen molar-refractivity contribution in [1.82, 2.24) is 4.90 Å². The average Bonchev–Trinajstić information content (AvgIpc) is 2.36. The molecule has 11 heavy (non-hydrogen) atoms. The highest BCUT2D eigenvalue weighted by Gasteiger charge is 2.24. The van der Waals surface area contributed by atoms with Gasteiger partial charge < -0.3 is 0 Å². The van der Waals surface area contributed by atoms with Crippen LogP contribution in [0, 0.1) is 11.3 Å². The Morgan fingerprint density at radius 3 is 2.91 bits per heavy atom. The molecule has 2 unspecified atom stereocenters. The monoisotopic (exact) mass is 152 g/mol. The second kappa shape index (κ2) is 3.73. The van der Waals surface area contributed by atoms with Crippen molar-refractivity contribution < 1.29 is 0 Å². The van der Waals surface area contributed by atoms with Gasteiger partial charge in [0.05, 0.1) is 12.5 Å². The molecule has 2 heteroatoms. The summed E-state index contributed by atoms with van der Waals surface area (Å²) in [6.45, 7) is 5.58. The first kappa shape index (κ1) is 8.55. The van der Waals surface area contributed by atoms with Gasteiger partial charge in [-0.15, -0.1) is 0 Å². The van der Waals surface area contributed by atoms with Crippen LogP contribution in [0.2, 0.25) is 0 Å². The first-order valence-corrected chi connectivity index (χ1v) is 4.38. The molecule has 0 spiro atoms. The highest BCUT2D eigenvalue weighted by Crippen LogP contribution is 2.20. The van der Waals surface area contributed by atoms with E-state index in [0.717, 1.165) is 0 Å².